The molecule has 0 aromatic rings. The lowest BCUT2D eigenvalue weighted by molar-refractivity contribution is -0.153. The molecule has 4 heteroatoms. The number of ether oxygens (including phenoxy) is 1. The maximum absolute atomic E-state index is 10.5. The minimum Gasteiger partial charge on any atom is -0.461 e. The van der Waals surface area contributed by atoms with Gasteiger partial charge in [0.05, 0.1) is 0 Å². The number of carbonyl (C=O) groups excluding carboxylic acids is 1. The van der Waals surface area contributed by atoms with E-state index in [1.165, 1.54) is 6.92 Å². The average molecular weight is 132 g/mol. The van der Waals surface area contributed by atoms with Crippen LogP contribution in [0.3, 0.4) is 0 Å². The molecule has 0 bridgehead atoms. The summed E-state index contributed by atoms with van der Waals surface area (Å²) in [6, 6.07) is 0. The van der Waals surface area contributed by atoms with Crippen LogP contribution in [0.2, 0.25) is 0 Å². The minimum absolute atomic E-state index is 0.105. The van der Waals surface area contributed by atoms with Crippen LogP contribution >= 0.6 is 0 Å². The van der Waals surface area contributed by atoms with E-state index >= 15 is 0 Å². The van der Waals surface area contributed by atoms with Crippen LogP contribution in [0.4, 0.5) is 0 Å². The van der Waals surface area contributed by atoms with E-state index in [9.17, 15) is 4.79 Å². The van der Waals surface area contributed by atoms with Gasteiger partial charge in [-0.3, -0.25) is 0 Å². The van der Waals surface area contributed by atoms with Gasteiger partial charge in [-0.25, -0.2) is 4.79 Å². The summed E-state index contributed by atoms with van der Waals surface area (Å²) in [5.41, 5.74) is -1.69. The van der Waals surface area contributed by atoms with Crippen LogP contribution in [0, 0.1) is 0 Å². The van der Waals surface area contributed by atoms with Gasteiger partial charge in [0.25, 0.3) is 0 Å². The zero-order chi connectivity index (χ0) is 7.07. The molecule has 0 aromatic heterocycles. The van der Waals surface area contributed by atoms with Crippen LogP contribution in [-0.4, -0.2) is 34.5 Å². The monoisotopic (exact) mass is 132 g/mol. The van der Waals surface area contributed by atoms with Crippen LogP contribution in [0.1, 0.15) is 6.92 Å². The summed E-state index contributed by atoms with van der Waals surface area (Å²) in [4.78, 5) is 10.5. The van der Waals surface area contributed by atoms with Gasteiger partial charge >= 0.3 is 5.97 Å². The highest BCUT2D eigenvalue weighted by molar-refractivity contribution is 5.81. The summed E-state index contributed by atoms with van der Waals surface area (Å²) in [5.74, 6) is -0.755. The fourth-order valence-corrected chi connectivity index (χ4v) is 0.599. The second-order valence-corrected chi connectivity index (χ2v) is 2.26. The van der Waals surface area contributed by atoms with Gasteiger partial charge in [0, 0.05) is 0 Å². The number of rotatable bonds is 0. The molecular formula is C5H8O4. The highest BCUT2D eigenvalue weighted by atomic mass is 16.6. The van der Waals surface area contributed by atoms with Crippen LogP contribution in [0.5, 0.6) is 0 Å². The van der Waals surface area contributed by atoms with Crippen molar-refractivity contribution < 1.29 is 19.7 Å². The maximum atomic E-state index is 10.5. The lowest BCUT2D eigenvalue weighted by Crippen LogP contribution is -2.40. The number of hydrogen-bond acceptors (Lipinski definition) is 4. The minimum atomic E-state index is -1.69. The van der Waals surface area contributed by atoms with Crippen molar-refractivity contribution in [1.29, 1.82) is 0 Å². The average Bonchev–Trinajstić information content (AvgIpc) is 1.96. The number of hydrogen-bond donors (Lipinski definition) is 2. The van der Waals surface area contributed by atoms with E-state index in [4.69, 9.17) is 10.2 Å². The number of aliphatic hydroxyl groups excluding tert-OH is 1. The van der Waals surface area contributed by atoms with E-state index in [0.717, 1.165) is 0 Å². The van der Waals surface area contributed by atoms with Crippen molar-refractivity contribution in [3.05, 3.63) is 0 Å². The van der Waals surface area contributed by atoms with Crippen molar-refractivity contribution in [3.63, 3.8) is 0 Å². The third kappa shape index (κ3) is 0.799. The van der Waals surface area contributed by atoms with Crippen molar-refractivity contribution in [2.45, 2.75) is 18.6 Å². The summed E-state index contributed by atoms with van der Waals surface area (Å²) < 4.78 is 4.34. The summed E-state index contributed by atoms with van der Waals surface area (Å²) in [7, 11) is 0. The molecule has 0 aromatic carbocycles. The molecule has 1 fully saturated rings. The van der Waals surface area contributed by atoms with Gasteiger partial charge in [0.15, 0.2) is 5.60 Å². The zero-order valence-electron chi connectivity index (χ0n) is 5.00. The maximum Gasteiger partial charge on any atom is 0.340 e. The van der Waals surface area contributed by atoms with Gasteiger partial charge in [-0.1, -0.05) is 0 Å². The molecule has 0 amide bonds. The second-order valence-electron chi connectivity index (χ2n) is 2.26. The fraction of sp³-hybridized carbons (Fsp3) is 0.800. The van der Waals surface area contributed by atoms with E-state index < -0.39 is 17.7 Å². The van der Waals surface area contributed by atoms with Gasteiger partial charge in [0.2, 0.25) is 0 Å². The highest BCUT2D eigenvalue weighted by Crippen LogP contribution is 2.18. The van der Waals surface area contributed by atoms with E-state index in [2.05, 4.69) is 4.74 Å². The Morgan fingerprint density at radius 1 is 1.89 bits per heavy atom. The molecule has 0 spiro atoms. The summed E-state index contributed by atoms with van der Waals surface area (Å²) in [5, 5.41) is 17.8. The Kier molecular flexibility index (Phi) is 1.22. The van der Waals surface area contributed by atoms with Crippen molar-refractivity contribution in [1.82, 2.24) is 0 Å². The quantitative estimate of drug-likeness (QED) is 0.400. The summed E-state index contributed by atoms with van der Waals surface area (Å²) >= 11 is 0. The number of carbonyl (C=O) groups is 1. The molecule has 2 atom stereocenters. The molecule has 0 aliphatic carbocycles. The molecule has 1 heterocycles. The van der Waals surface area contributed by atoms with Crippen LogP contribution < -0.4 is 0 Å². The predicted molar refractivity (Wildman–Crippen MR) is 27.6 cm³/mol. The van der Waals surface area contributed by atoms with Gasteiger partial charge in [-0.05, 0) is 6.92 Å². The molecule has 0 saturated carbocycles. The first-order chi connectivity index (χ1) is 4.05. The Morgan fingerprint density at radius 2 is 2.44 bits per heavy atom. The van der Waals surface area contributed by atoms with Gasteiger partial charge in [0.1, 0.15) is 12.7 Å². The fourth-order valence-electron chi connectivity index (χ4n) is 0.599. The first kappa shape index (κ1) is 6.51. The van der Waals surface area contributed by atoms with E-state index in [-0.39, 0.29) is 6.61 Å². The first-order valence-electron chi connectivity index (χ1n) is 2.63. The normalized spacial score (nSPS) is 43.0. The molecule has 1 unspecified atom stereocenters. The molecule has 1 aliphatic rings. The Balaban J connectivity index is 2.78. The Bertz CT molecular complexity index is 140. The highest BCUT2D eigenvalue weighted by Gasteiger charge is 2.46. The molecular weight excluding hydrogens is 124 g/mol. The van der Waals surface area contributed by atoms with Gasteiger partial charge in [-0.15, -0.1) is 0 Å². The Hall–Kier alpha value is -0.610. The van der Waals surface area contributed by atoms with Crippen LogP contribution in [-0.2, 0) is 9.53 Å². The molecule has 1 rings (SSSR count). The standard InChI is InChI=1S/C5H8O4/c1-5(8)3(6)2-9-4(5)7/h3,6,8H,2H2,1H3/t3?,5-/m1/s1. The van der Waals surface area contributed by atoms with E-state index in [0.29, 0.717) is 0 Å². The third-order valence-corrected chi connectivity index (χ3v) is 1.43. The summed E-state index contributed by atoms with van der Waals surface area (Å²) in [6.45, 7) is 1.12. The van der Waals surface area contributed by atoms with Gasteiger partial charge < -0.3 is 14.9 Å². The lowest BCUT2D eigenvalue weighted by atomic mass is 10.0. The van der Waals surface area contributed by atoms with Crippen molar-refractivity contribution in [2.75, 3.05) is 6.61 Å². The van der Waals surface area contributed by atoms with Crippen molar-refractivity contribution in [3.8, 4) is 0 Å². The SMILES string of the molecule is C[C@]1(O)C(=O)OCC1O. The molecule has 9 heavy (non-hydrogen) atoms. The van der Waals surface area contributed by atoms with E-state index in [1.807, 2.05) is 0 Å². The smallest absolute Gasteiger partial charge is 0.340 e. The first-order valence-corrected chi connectivity index (χ1v) is 2.63. The van der Waals surface area contributed by atoms with Crippen molar-refractivity contribution in [2.24, 2.45) is 0 Å². The Labute approximate surface area is 52.1 Å². The molecule has 1 saturated heterocycles. The summed E-state index contributed by atoms with van der Waals surface area (Å²) in [6.07, 6.45) is -1.08. The van der Waals surface area contributed by atoms with E-state index in [1.54, 1.807) is 0 Å². The Morgan fingerprint density at radius 3 is 2.56 bits per heavy atom. The number of esters is 1. The lowest BCUT2D eigenvalue weighted by Gasteiger charge is -2.13. The molecule has 1 aliphatic heterocycles. The van der Waals surface area contributed by atoms with Crippen LogP contribution in [0.25, 0.3) is 0 Å². The van der Waals surface area contributed by atoms with Crippen LogP contribution in [0.15, 0.2) is 0 Å². The van der Waals surface area contributed by atoms with Gasteiger partial charge in [-0.2, -0.15) is 0 Å². The zero-order valence-corrected chi connectivity index (χ0v) is 5.00. The largest absolute Gasteiger partial charge is 0.461 e. The predicted octanol–water partition coefficient (Wildman–Crippen LogP) is -1.34. The molecule has 2 N–H and O–H groups in total. The second kappa shape index (κ2) is 1.68. The third-order valence-electron chi connectivity index (χ3n) is 1.43. The van der Waals surface area contributed by atoms with Crippen molar-refractivity contribution >= 4 is 5.97 Å². The molecule has 52 valence electrons. The number of aliphatic hydroxyl groups is 2. The molecule has 0 radical (unpaired) electrons. The molecule has 4 nitrogen and oxygen atoms in total. The topological polar surface area (TPSA) is 66.8 Å². The number of cyclic esters (lactones) is 1.